The molecule has 0 spiro atoms. The molecule has 0 aliphatic carbocycles. The number of carboxylic acid groups (broad SMARTS) is 1. The Balaban J connectivity index is 3.26. The minimum Gasteiger partial charge on any atom is -0.478 e. The molecule has 1 aromatic carbocycles. The highest BCUT2D eigenvalue weighted by Crippen LogP contribution is 2.12. The van der Waals surface area contributed by atoms with Crippen LogP contribution in [0.25, 0.3) is 0 Å². The summed E-state index contributed by atoms with van der Waals surface area (Å²) >= 11 is 2.04. The van der Waals surface area contributed by atoms with Gasteiger partial charge in [-0.05, 0) is 34.7 Å². The second-order valence-corrected chi connectivity index (χ2v) is 3.56. The molecule has 0 aliphatic rings. The zero-order valence-electron chi connectivity index (χ0n) is 6.57. The van der Waals surface area contributed by atoms with E-state index in [1.807, 2.05) is 22.6 Å². The highest BCUT2D eigenvalue weighted by molar-refractivity contribution is 14.1. The molecule has 4 nitrogen and oxygen atoms in total. The molecule has 0 saturated carbocycles. The van der Waals surface area contributed by atoms with E-state index in [9.17, 15) is 4.79 Å². The summed E-state index contributed by atoms with van der Waals surface area (Å²) in [4.78, 5) is 10.7. The molecule has 0 atom stereocenters. The topological polar surface area (TPSA) is 75.7 Å². The van der Waals surface area contributed by atoms with Crippen LogP contribution < -0.4 is 5.84 Å². The predicted octanol–water partition coefficient (Wildman–Crippen LogP) is 1.28. The Hall–Kier alpha value is -1.11. The molecule has 13 heavy (non-hydrogen) atoms. The molecule has 1 aromatic rings. The van der Waals surface area contributed by atoms with Crippen molar-refractivity contribution >= 4 is 34.8 Å². The summed E-state index contributed by atoms with van der Waals surface area (Å²) in [5.41, 5.74) is 0.719. The molecule has 0 heterocycles. The number of nitrogens with two attached hydrogens (primary N) is 1. The third-order valence-corrected chi connectivity index (χ3v) is 2.13. The van der Waals surface area contributed by atoms with Gasteiger partial charge in [-0.3, -0.25) is 0 Å². The number of nitrogens with zero attached hydrogens (tertiary/aromatic N) is 1. The number of aromatic carboxylic acids is 1. The van der Waals surface area contributed by atoms with Gasteiger partial charge >= 0.3 is 5.97 Å². The van der Waals surface area contributed by atoms with Crippen LogP contribution in [0.2, 0.25) is 0 Å². The molecule has 0 bridgehead atoms. The molecule has 0 fully saturated rings. The molecular weight excluding hydrogens is 283 g/mol. The fraction of sp³-hybridized carbons (Fsp3) is 0. The lowest BCUT2D eigenvalue weighted by Gasteiger charge is -2.00. The van der Waals surface area contributed by atoms with Crippen LogP contribution in [0, 0.1) is 3.57 Å². The van der Waals surface area contributed by atoms with Gasteiger partial charge in [0.1, 0.15) is 0 Å². The van der Waals surface area contributed by atoms with Crippen LogP contribution in [-0.2, 0) is 0 Å². The van der Waals surface area contributed by atoms with Crippen molar-refractivity contribution < 1.29 is 9.90 Å². The molecule has 1 rings (SSSR count). The van der Waals surface area contributed by atoms with E-state index in [0.717, 1.165) is 3.57 Å². The van der Waals surface area contributed by atoms with Gasteiger partial charge in [0.2, 0.25) is 0 Å². The van der Waals surface area contributed by atoms with Crippen molar-refractivity contribution in [3.8, 4) is 0 Å². The number of rotatable bonds is 2. The van der Waals surface area contributed by atoms with Gasteiger partial charge in [-0.15, -0.1) is 0 Å². The summed E-state index contributed by atoms with van der Waals surface area (Å²) in [7, 11) is 0. The van der Waals surface area contributed by atoms with E-state index in [2.05, 4.69) is 5.10 Å². The van der Waals surface area contributed by atoms with E-state index in [4.69, 9.17) is 10.9 Å². The Morgan fingerprint density at radius 3 is 2.85 bits per heavy atom. The number of hydrazone groups is 1. The first-order valence-electron chi connectivity index (χ1n) is 3.41. The smallest absolute Gasteiger partial charge is 0.336 e. The maximum absolute atomic E-state index is 10.7. The fourth-order valence-corrected chi connectivity index (χ4v) is 1.40. The normalized spacial score (nSPS) is 10.5. The van der Waals surface area contributed by atoms with E-state index < -0.39 is 5.97 Å². The molecule has 0 unspecified atom stereocenters. The number of hydrogen-bond acceptors (Lipinski definition) is 3. The van der Waals surface area contributed by atoms with Crippen LogP contribution in [0.4, 0.5) is 0 Å². The lowest BCUT2D eigenvalue weighted by atomic mass is 10.1. The van der Waals surface area contributed by atoms with Gasteiger partial charge in [0, 0.05) is 9.13 Å². The van der Waals surface area contributed by atoms with Gasteiger partial charge in [-0.2, -0.15) is 5.10 Å². The van der Waals surface area contributed by atoms with Crippen molar-refractivity contribution in [3.63, 3.8) is 0 Å². The van der Waals surface area contributed by atoms with Crippen LogP contribution in [0.15, 0.2) is 23.3 Å². The molecule has 0 aliphatic heterocycles. The van der Waals surface area contributed by atoms with Crippen molar-refractivity contribution in [1.29, 1.82) is 0 Å². The van der Waals surface area contributed by atoms with Crippen LogP contribution in [0.3, 0.4) is 0 Å². The van der Waals surface area contributed by atoms with Crippen molar-refractivity contribution in [2.24, 2.45) is 10.9 Å². The molecule has 0 radical (unpaired) electrons. The third-order valence-electron chi connectivity index (χ3n) is 1.46. The predicted molar refractivity (Wildman–Crippen MR) is 57.9 cm³/mol. The summed E-state index contributed by atoms with van der Waals surface area (Å²) in [6.45, 7) is 0. The van der Waals surface area contributed by atoms with Crippen molar-refractivity contribution in [1.82, 2.24) is 0 Å². The second kappa shape index (κ2) is 4.22. The Morgan fingerprint density at radius 2 is 2.31 bits per heavy atom. The van der Waals surface area contributed by atoms with Crippen LogP contribution in [-0.4, -0.2) is 17.3 Å². The minimum absolute atomic E-state index is 0.209. The second-order valence-electron chi connectivity index (χ2n) is 2.31. The van der Waals surface area contributed by atoms with Crippen molar-refractivity contribution in [2.45, 2.75) is 0 Å². The summed E-state index contributed by atoms with van der Waals surface area (Å²) in [6, 6.07) is 5.03. The van der Waals surface area contributed by atoms with E-state index in [1.54, 1.807) is 18.2 Å². The first-order chi connectivity index (χ1) is 6.15. The number of carboxylic acids is 1. The molecule has 5 heteroatoms. The molecule has 3 N–H and O–H groups in total. The summed E-state index contributed by atoms with van der Waals surface area (Å²) < 4.78 is 0.865. The maximum atomic E-state index is 10.7. The minimum atomic E-state index is -0.978. The first kappa shape index (κ1) is 9.97. The van der Waals surface area contributed by atoms with E-state index in [-0.39, 0.29) is 5.56 Å². The quantitative estimate of drug-likeness (QED) is 0.373. The summed E-state index contributed by atoms with van der Waals surface area (Å²) in [6.07, 6.45) is 1.32. The third kappa shape index (κ3) is 2.41. The zero-order chi connectivity index (χ0) is 9.84. The fourth-order valence-electron chi connectivity index (χ4n) is 0.907. The van der Waals surface area contributed by atoms with Crippen molar-refractivity contribution in [2.75, 3.05) is 0 Å². The van der Waals surface area contributed by atoms with E-state index >= 15 is 0 Å². The monoisotopic (exact) mass is 290 g/mol. The first-order valence-corrected chi connectivity index (χ1v) is 4.49. The van der Waals surface area contributed by atoms with Crippen LogP contribution >= 0.6 is 22.6 Å². The molecule has 68 valence electrons. The Morgan fingerprint density at radius 1 is 1.62 bits per heavy atom. The highest BCUT2D eigenvalue weighted by atomic mass is 127. The highest BCUT2D eigenvalue weighted by Gasteiger charge is 2.08. The number of hydrogen-bond donors (Lipinski definition) is 2. The standard InChI is InChI=1S/C8H7IN2O2/c9-6-2-1-5(4-11-10)7(3-6)8(12)13/h1-4H,10H2,(H,12,13). The largest absolute Gasteiger partial charge is 0.478 e. The Kier molecular flexibility index (Phi) is 3.24. The van der Waals surface area contributed by atoms with Gasteiger partial charge in [0.05, 0.1) is 11.8 Å². The molecule has 0 amide bonds. The summed E-state index contributed by atoms with van der Waals surface area (Å²) in [5, 5.41) is 12.1. The van der Waals surface area contributed by atoms with E-state index in [1.165, 1.54) is 6.21 Å². The van der Waals surface area contributed by atoms with Crippen molar-refractivity contribution in [3.05, 3.63) is 32.9 Å². The Labute approximate surface area is 88.6 Å². The molecule has 0 saturated heterocycles. The van der Waals surface area contributed by atoms with Gasteiger partial charge in [0.25, 0.3) is 0 Å². The average Bonchev–Trinajstić information content (AvgIpc) is 2.08. The SMILES string of the molecule is NN=Cc1ccc(I)cc1C(=O)O. The maximum Gasteiger partial charge on any atom is 0.336 e. The number of halogens is 1. The number of carbonyl (C=O) groups is 1. The Bertz CT molecular complexity index is 363. The molecule has 0 aromatic heterocycles. The zero-order valence-corrected chi connectivity index (χ0v) is 8.72. The van der Waals surface area contributed by atoms with Gasteiger partial charge in [-0.25, -0.2) is 4.79 Å². The lowest BCUT2D eigenvalue weighted by molar-refractivity contribution is 0.0696. The van der Waals surface area contributed by atoms with Crippen LogP contribution in [0.1, 0.15) is 15.9 Å². The number of benzene rings is 1. The van der Waals surface area contributed by atoms with Crippen LogP contribution in [0.5, 0.6) is 0 Å². The summed E-state index contributed by atoms with van der Waals surface area (Å²) in [5.74, 6) is 3.96. The van der Waals surface area contributed by atoms with Gasteiger partial charge in [-0.1, -0.05) is 6.07 Å². The lowest BCUT2D eigenvalue weighted by Crippen LogP contribution is -2.03. The van der Waals surface area contributed by atoms with E-state index in [0.29, 0.717) is 5.56 Å². The average molecular weight is 290 g/mol. The molecular formula is C8H7IN2O2. The van der Waals surface area contributed by atoms with Gasteiger partial charge < -0.3 is 10.9 Å². The van der Waals surface area contributed by atoms with Gasteiger partial charge in [0.15, 0.2) is 0 Å².